The fraction of sp³-hybridized carbons (Fsp3) is 0.500. The summed E-state index contributed by atoms with van der Waals surface area (Å²) in [6, 6.07) is 11.7. The van der Waals surface area contributed by atoms with Gasteiger partial charge in [-0.3, -0.25) is 14.5 Å². The normalized spacial score (nSPS) is 31.3. The molecule has 2 saturated heterocycles. The third-order valence-electron chi connectivity index (χ3n) is 8.73. The first kappa shape index (κ1) is 21.1. The highest BCUT2D eigenvalue weighted by Gasteiger charge is 2.62. The van der Waals surface area contributed by atoms with Crippen molar-refractivity contribution in [3.05, 3.63) is 63.0 Å². The van der Waals surface area contributed by atoms with Gasteiger partial charge in [0.15, 0.2) is 0 Å². The molecule has 2 aliphatic heterocycles. The van der Waals surface area contributed by atoms with E-state index in [-0.39, 0.29) is 29.0 Å². The van der Waals surface area contributed by atoms with Crippen LogP contribution in [0.1, 0.15) is 53.4 Å². The number of thiophene rings is 1. The lowest BCUT2D eigenvalue weighted by molar-refractivity contribution is -0.0108. The van der Waals surface area contributed by atoms with E-state index in [2.05, 4.69) is 58.0 Å². The minimum atomic E-state index is -0.170. The zero-order chi connectivity index (χ0) is 22.9. The molecule has 0 radical (unpaired) electrons. The van der Waals surface area contributed by atoms with Gasteiger partial charge in [-0.15, -0.1) is 11.3 Å². The fourth-order valence-corrected chi connectivity index (χ4v) is 8.31. The van der Waals surface area contributed by atoms with Crippen molar-refractivity contribution in [2.45, 2.75) is 70.1 Å². The Morgan fingerprint density at radius 1 is 1.24 bits per heavy atom. The number of hydrogen-bond donors (Lipinski definition) is 1. The zero-order valence-corrected chi connectivity index (χ0v) is 20.2. The van der Waals surface area contributed by atoms with Gasteiger partial charge in [-0.1, -0.05) is 37.3 Å². The first-order valence-corrected chi connectivity index (χ1v) is 12.8. The second kappa shape index (κ2) is 7.50. The summed E-state index contributed by atoms with van der Waals surface area (Å²) in [5.41, 5.74) is 1.97. The summed E-state index contributed by atoms with van der Waals surface area (Å²) >= 11 is 1.37. The molecule has 172 valence electrons. The number of benzene rings is 1. The van der Waals surface area contributed by atoms with E-state index in [1.54, 1.807) is 0 Å². The van der Waals surface area contributed by atoms with Gasteiger partial charge >= 0.3 is 0 Å². The number of aromatic nitrogens is 2. The van der Waals surface area contributed by atoms with Crippen LogP contribution in [0.3, 0.4) is 0 Å². The van der Waals surface area contributed by atoms with Crippen molar-refractivity contribution < 1.29 is 4.79 Å². The van der Waals surface area contributed by atoms with Crippen molar-refractivity contribution in [3.63, 3.8) is 0 Å². The Labute approximate surface area is 197 Å². The van der Waals surface area contributed by atoms with Crippen LogP contribution in [0.15, 0.2) is 41.5 Å². The Morgan fingerprint density at radius 3 is 2.76 bits per heavy atom. The number of aryl methyl sites for hydroxylation is 1. The van der Waals surface area contributed by atoms with E-state index in [1.165, 1.54) is 29.6 Å². The summed E-state index contributed by atoms with van der Waals surface area (Å²) in [5, 5.41) is 0.551. The second-order valence-electron chi connectivity index (χ2n) is 10.3. The molecule has 1 N–H and O–H groups in total. The van der Waals surface area contributed by atoms with Gasteiger partial charge in [0.25, 0.3) is 11.5 Å². The summed E-state index contributed by atoms with van der Waals surface area (Å²) in [4.78, 5) is 40.0. The molecule has 3 fully saturated rings. The number of aromatic amines is 1. The van der Waals surface area contributed by atoms with Crippen molar-refractivity contribution in [1.82, 2.24) is 19.8 Å². The Bertz CT molecular complexity index is 1280. The van der Waals surface area contributed by atoms with Crippen LogP contribution < -0.4 is 5.56 Å². The average Bonchev–Trinajstić information content (AvgIpc) is 3.28. The average molecular weight is 463 g/mol. The molecule has 6 rings (SSSR count). The molecule has 3 aromatic rings. The number of piperidine rings is 1. The molecule has 1 saturated carbocycles. The molecule has 1 aliphatic carbocycles. The summed E-state index contributed by atoms with van der Waals surface area (Å²) in [5.74, 6) is 0.0766. The molecule has 0 unspecified atom stereocenters. The molecule has 1 aromatic carbocycles. The number of carbonyl (C=O) groups excluding carboxylic acids is 1. The maximum absolute atomic E-state index is 14.3. The number of H-pyrrole nitrogens is 1. The molecule has 2 aromatic heterocycles. The lowest BCUT2D eigenvalue weighted by Crippen LogP contribution is -2.62. The van der Waals surface area contributed by atoms with Gasteiger partial charge in [0, 0.05) is 23.5 Å². The highest BCUT2D eigenvalue weighted by atomic mass is 32.1. The highest BCUT2D eigenvalue weighted by Crippen LogP contribution is 2.56. The number of hydrogen-bond acceptors (Lipinski definition) is 5. The van der Waals surface area contributed by atoms with E-state index in [0.29, 0.717) is 27.2 Å². The van der Waals surface area contributed by atoms with Crippen molar-refractivity contribution in [2.75, 3.05) is 7.05 Å². The third-order valence-corrected chi connectivity index (χ3v) is 9.92. The number of carbonyl (C=O) groups is 1. The molecular formula is C26H30N4O2S. The van der Waals surface area contributed by atoms with E-state index in [1.807, 2.05) is 13.0 Å². The SMILES string of the molecule is Cc1c(C(=O)N2[C@@H](Cc3ccccc3)[C@@H]3C[C@@]4(C)[C@H](CCC[C@@H]24)N3C)sc2nc[nH]c(=O)c12. The van der Waals surface area contributed by atoms with Gasteiger partial charge in [0.05, 0.1) is 22.6 Å². The topological polar surface area (TPSA) is 69.3 Å². The van der Waals surface area contributed by atoms with Crippen LogP contribution in [-0.4, -0.2) is 56.9 Å². The van der Waals surface area contributed by atoms with Crippen LogP contribution in [0.4, 0.5) is 0 Å². The minimum absolute atomic E-state index is 0.0766. The predicted octanol–water partition coefficient (Wildman–Crippen LogP) is 3.99. The molecular weight excluding hydrogens is 432 g/mol. The summed E-state index contributed by atoms with van der Waals surface area (Å²) < 4.78 is 0. The lowest BCUT2D eigenvalue weighted by atomic mass is 9.64. The van der Waals surface area contributed by atoms with Crippen LogP contribution in [-0.2, 0) is 6.42 Å². The van der Waals surface area contributed by atoms with Crippen molar-refractivity contribution in [3.8, 4) is 0 Å². The quantitative estimate of drug-likeness (QED) is 0.639. The zero-order valence-electron chi connectivity index (χ0n) is 19.4. The van der Waals surface area contributed by atoms with Gasteiger partial charge in [-0.25, -0.2) is 4.98 Å². The van der Waals surface area contributed by atoms with E-state index >= 15 is 0 Å². The monoisotopic (exact) mass is 462 g/mol. The molecule has 6 nitrogen and oxygen atoms in total. The third kappa shape index (κ3) is 2.98. The number of likely N-dealkylation sites (N-methyl/N-ethyl adjacent to an activating group) is 1. The molecule has 2 bridgehead atoms. The molecule has 33 heavy (non-hydrogen) atoms. The highest BCUT2D eigenvalue weighted by molar-refractivity contribution is 7.20. The summed E-state index contributed by atoms with van der Waals surface area (Å²) in [7, 11) is 2.27. The molecule has 7 heteroatoms. The lowest BCUT2D eigenvalue weighted by Gasteiger charge is -2.53. The van der Waals surface area contributed by atoms with E-state index in [9.17, 15) is 9.59 Å². The van der Waals surface area contributed by atoms with Gasteiger partial charge in [0.1, 0.15) is 4.83 Å². The number of fused-ring (bicyclic) bond motifs is 2. The van der Waals surface area contributed by atoms with Crippen LogP contribution in [0.25, 0.3) is 10.2 Å². The Morgan fingerprint density at radius 2 is 2.00 bits per heavy atom. The summed E-state index contributed by atoms with van der Waals surface area (Å²) in [6.07, 6.45) is 6.83. The molecule has 3 aliphatic rings. The largest absolute Gasteiger partial charge is 0.329 e. The number of rotatable bonds is 3. The number of nitrogens with zero attached hydrogens (tertiary/aromatic N) is 3. The maximum Gasteiger partial charge on any atom is 0.264 e. The standard InChI is InChI=1S/C26H30N4O2S/c1-15-21-23(31)27-14-28-24(21)33-22(15)25(32)30-17(12-16-8-5-4-6-9-16)18-13-26(2)19(29(18)3)10-7-11-20(26)30/h4-6,8-9,14,17-20H,7,10-13H2,1-3H3,(H,27,28,31)/t17-,18-,19-,20+,26-/m0/s1. The fourth-order valence-electron chi connectivity index (χ4n) is 7.22. The Balaban J connectivity index is 1.49. The van der Waals surface area contributed by atoms with E-state index < -0.39 is 0 Å². The second-order valence-corrected chi connectivity index (χ2v) is 11.3. The van der Waals surface area contributed by atoms with Gasteiger partial charge in [0.2, 0.25) is 0 Å². The number of amides is 1. The van der Waals surface area contributed by atoms with Gasteiger partial charge in [-0.2, -0.15) is 0 Å². The first-order valence-electron chi connectivity index (χ1n) is 12.0. The van der Waals surface area contributed by atoms with Crippen molar-refractivity contribution >= 4 is 27.5 Å². The summed E-state index contributed by atoms with van der Waals surface area (Å²) in [6.45, 7) is 4.30. The van der Waals surface area contributed by atoms with Crippen LogP contribution >= 0.6 is 11.3 Å². The Kier molecular flexibility index (Phi) is 4.79. The molecule has 0 spiro atoms. The predicted molar refractivity (Wildman–Crippen MR) is 131 cm³/mol. The minimum Gasteiger partial charge on any atom is -0.329 e. The van der Waals surface area contributed by atoms with Gasteiger partial charge < -0.3 is 9.88 Å². The molecule has 5 atom stereocenters. The van der Waals surface area contributed by atoms with Crippen LogP contribution in [0.2, 0.25) is 0 Å². The van der Waals surface area contributed by atoms with Crippen molar-refractivity contribution in [1.29, 1.82) is 0 Å². The number of likely N-dealkylation sites (tertiary alicyclic amines) is 2. The van der Waals surface area contributed by atoms with Crippen LogP contribution in [0, 0.1) is 12.3 Å². The molecule has 4 heterocycles. The maximum atomic E-state index is 14.3. The number of nitrogens with one attached hydrogen (secondary N) is 1. The van der Waals surface area contributed by atoms with Crippen LogP contribution in [0.5, 0.6) is 0 Å². The van der Waals surface area contributed by atoms with E-state index in [0.717, 1.165) is 31.2 Å². The van der Waals surface area contributed by atoms with E-state index in [4.69, 9.17) is 0 Å². The molecule has 1 amide bonds. The smallest absolute Gasteiger partial charge is 0.264 e. The van der Waals surface area contributed by atoms with Crippen molar-refractivity contribution in [2.24, 2.45) is 5.41 Å². The Hall–Kier alpha value is -2.51. The first-order chi connectivity index (χ1) is 15.9. The van der Waals surface area contributed by atoms with Gasteiger partial charge in [-0.05, 0) is 57.2 Å².